The number of halogens is 1. The van der Waals surface area contributed by atoms with E-state index in [0.29, 0.717) is 52.5 Å². The molecule has 3 aliphatic rings. The summed E-state index contributed by atoms with van der Waals surface area (Å²) in [7, 11) is 0. The SMILES string of the molecule is C=CCN1C(=O)C2(C(C#N)=C(N)N(c3ccccc3Cl)C3=C2C(=O)CCC3)c2ccccc21. The zero-order chi connectivity index (χ0) is 23.3. The van der Waals surface area contributed by atoms with Gasteiger partial charge < -0.3 is 10.6 Å². The number of allylic oxidation sites excluding steroid dienone is 1. The Kier molecular flexibility index (Phi) is 4.88. The van der Waals surface area contributed by atoms with Crippen molar-refractivity contribution in [3.8, 4) is 6.07 Å². The van der Waals surface area contributed by atoms with E-state index in [4.69, 9.17) is 17.3 Å². The van der Waals surface area contributed by atoms with Crippen molar-refractivity contribution in [1.82, 2.24) is 0 Å². The van der Waals surface area contributed by atoms with Crippen LogP contribution in [0.1, 0.15) is 24.8 Å². The fraction of sp³-hybridized carbons (Fsp3) is 0.192. The minimum absolute atomic E-state index is 0.0421. The van der Waals surface area contributed by atoms with Crippen molar-refractivity contribution in [2.45, 2.75) is 24.7 Å². The number of carbonyl (C=O) groups excluding carboxylic acids is 2. The van der Waals surface area contributed by atoms with E-state index in [1.165, 1.54) is 0 Å². The summed E-state index contributed by atoms with van der Waals surface area (Å²) in [5, 5.41) is 10.8. The minimum Gasteiger partial charge on any atom is -0.384 e. The molecule has 1 amide bonds. The molecule has 1 spiro atoms. The van der Waals surface area contributed by atoms with Crippen LogP contribution in [0.3, 0.4) is 0 Å². The molecule has 2 N–H and O–H groups in total. The first-order chi connectivity index (χ1) is 16.0. The number of nitrogens with two attached hydrogens (primary N) is 1. The van der Waals surface area contributed by atoms with Crippen LogP contribution in [0.5, 0.6) is 0 Å². The molecule has 0 fully saturated rings. The first kappa shape index (κ1) is 21.0. The summed E-state index contributed by atoms with van der Waals surface area (Å²) < 4.78 is 0. The van der Waals surface area contributed by atoms with E-state index in [1.807, 2.05) is 24.3 Å². The van der Waals surface area contributed by atoms with E-state index in [2.05, 4.69) is 12.6 Å². The molecule has 7 heteroatoms. The molecule has 1 unspecified atom stereocenters. The van der Waals surface area contributed by atoms with E-state index >= 15 is 0 Å². The third-order valence-corrected chi connectivity index (χ3v) is 6.90. The minimum atomic E-state index is -1.58. The number of carbonyl (C=O) groups is 2. The van der Waals surface area contributed by atoms with Gasteiger partial charge in [0.15, 0.2) is 5.78 Å². The quantitative estimate of drug-likeness (QED) is 0.694. The van der Waals surface area contributed by atoms with Gasteiger partial charge in [-0.2, -0.15) is 5.26 Å². The smallest absolute Gasteiger partial charge is 0.248 e. The molecule has 2 aromatic carbocycles. The third-order valence-electron chi connectivity index (χ3n) is 6.58. The highest BCUT2D eigenvalue weighted by atomic mass is 35.5. The Morgan fingerprint density at radius 1 is 1.12 bits per heavy atom. The van der Waals surface area contributed by atoms with Crippen LogP contribution in [-0.4, -0.2) is 18.2 Å². The summed E-state index contributed by atoms with van der Waals surface area (Å²) in [4.78, 5) is 31.0. The second-order valence-corrected chi connectivity index (χ2v) is 8.64. The number of fused-ring (bicyclic) bond motifs is 3. The summed E-state index contributed by atoms with van der Waals surface area (Å²) in [6, 6.07) is 16.6. The molecule has 0 radical (unpaired) electrons. The van der Waals surface area contributed by atoms with Gasteiger partial charge in [0.2, 0.25) is 5.91 Å². The van der Waals surface area contributed by atoms with Crippen molar-refractivity contribution in [1.29, 1.82) is 5.26 Å². The van der Waals surface area contributed by atoms with Crippen LogP contribution < -0.4 is 15.5 Å². The zero-order valence-corrected chi connectivity index (χ0v) is 18.6. The Morgan fingerprint density at radius 3 is 2.52 bits per heavy atom. The van der Waals surface area contributed by atoms with E-state index in [9.17, 15) is 14.9 Å². The fourth-order valence-corrected chi connectivity index (χ4v) is 5.57. The summed E-state index contributed by atoms with van der Waals surface area (Å²) in [5.74, 6) is -0.399. The Hall–Kier alpha value is -3.82. The number of hydrogen-bond donors (Lipinski definition) is 1. The first-order valence-electron chi connectivity index (χ1n) is 10.7. The lowest BCUT2D eigenvalue weighted by Gasteiger charge is -2.44. The standard InChI is InChI=1S/C26H21ClN4O2/c1-2-14-30-19-10-5-3-8-16(19)26(25(30)33)17(15-28)24(29)31(20-11-6-4-9-18(20)27)21-12-7-13-22(32)23(21)26/h2-6,8-11H,1,7,12-14,29H2. The molecule has 2 aromatic rings. The molecule has 6 nitrogen and oxygen atoms in total. The highest BCUT2D eigenvalue weighted by Gasteiger charge is 2.62. The largest absolute Gasteiger partial charge is 0.384 e. The molecule has 33 heavy (non-hydrogen) atoms. The average molecular weight is 457 g/mol. The van der Waals surface area contributed by atoms with Gasteiger partial charge >= 0.3 is 0 Å². The van der Waals surface area contributed by atoms with Crippen LogP contribution in [0.25, 0.3) is 0 Å². The van der Waals surface area contributed by atoms with Crippen molar-refractivity contribution < 1.29 is 9.59 Å². The molecular weight excluding hydrogens is 436 g/mol. The lowest BCUT2D eigenvalue weighted by atomic mass is 9.64. The van der Waals surface area contributed by atoms with Gasteiger partial charge in [0.1, 0.15) is 17.3 Å². The summed E-state index contributed by atoms with van der Waals surface area (Å²) in [6.45, 7) is 4.03. The van der Waals surface area contributed by atoms with Crippen molar-refractivity contribution in [2.24, 2.45) is 5.73 Å². The van der Waals surface area contributed by atoms with Gasteiger partial charge in [-0.15, -0.1) is 6.58 Å². The Labute approximate surface area is 196 Å². The number of nitriles is 1. The van der Waals surface area contributed by atoms with Gasteiger partial charge in [0.05, 0.1) is 16.3 Å². The van der Waals surface area contributed by atoms with Crippen LogP contribution in [0.4, 0.5) is 11.4 Å². The van der Waals surface area contributed by atoms with Crippen molar-refractivity contribution >= 4 is 34.7 Å². The number of anilines is 2. The topological polar surface area (TPSA) is 90.4 Å². The highest BCUT2D eigenvalue weighted by molar-refractivity contribution is 6.33. The van der Waals surface area contributed by atoms with Crippen LogP contribution in [0, 0.1) is 11.3 Å². The normalized spacial score (nSPS) is 21.9. The van der Waals surface area contributed by atoms with Gasteiger partial charge in [-0.05, 0) is 31.0 Å². The predicted molar refractivity (Wildman–Crippen MR) is 127 cm³/mol. The van der Waals surface area contributed by atoms with E-state index in [-0.39, 0.29) is 29.6 Å². The third kappa shape index (κ3) is 2.66. The molecule has 164 valence electrons. The molecule has 2 aliphatic heterocycles. The predicted octanol–water partition coefficient (Wildman–Crippen LogP) is 4.33. The Morgan fingerprint density at radius 2 is 1.82 bits per heavy atom. The van der Waals surface area contributed by atoms with Gasteiger partial charge in [-0.25, -0.2) is 0 Å². The van der Waals surface area contributed by atoms with Crippen molar-refractivity contribution in [2.75, 3.05) is 16.3 Å². The van der Waals surface area contributed by atoms with Crippen molar-refractivity contribution in [3.63, 3.8) is 0 Å². The van der Waals surface area contributed by atoms with Crippen LogP contribution in [0.2, 0.25) is 5.02 Å². The maximum Gasteiger partial charge on any atom is 0.248 e. The second-order valence-electron chi connectivity index (χ2n) is 8.23. The monoisotopic (exact) mass is 456 g/mol. The number of amides is 1. The molecule has 0 bridgehead atoms. The van der Waals surface area contributed by atoms with Crippen LogP contribution in [0.15, 0.2) is 83.9 Å². The maximum absolute atomic E-state index is 14.2. The van der Waals surface area contributed by atoms with Crippen LogP contribution >= 0.6 is 11.6 Å². The zero-order valence-electron chi connectivity index (χ0n) is 17.8. The second kappa shape index (κ2) is 7.65. The number of Topliss-reactive ketones (excluding diaryl/α,β-unsaturated/α-hetero) is 1. The van der Waals surface area contributed by atoms with Gasteiger partial charge in [-0.3, -0.25) is 14.5 Å². The fourth-order valence-electron chi connectivity index (χ4n) is 5.35. The molecule has 1 atom stereocenters. The van der Waals surface area contributed by atoms with Crippen LogP contribution in [-0.2, 0) is 15.0 Å². The lowest BCUT2D eigenvalue weighted by Crippen LogP contribution is -2.52. The molecule has 2 heterocycles. The number of ketones is 1. The molecule has 0 saturated carbocycles. The van der Waals surface area contributed by atoms with Crippen molar-refractivity contribution in [3.05, 3.63) is 94.4 Å². The average Bonchev–Trinajstić information content (AvgIpc) is 3.05. The molecular formula is C26H21ClN4O2. The number of para-hydroxylation sites is 2. The summed E-state index contributed by atoms with van der Waals surface area (Å²) >= 11 is 6.51. The number of hydrogen-bond acceptors (Lipinski definition) is 5. The summed E-state index contributed by atoms with van der Waals surface area (Å²) in [6.07, 6.45) is 3.08. The molecule has 0 aromatic heterocycles. The summed E-state index contributed by atoms with van der Waals surface area (Å²) in [5.41, 5.74) is 7.90. The molecule has 5 rings (SSSR count). The van der Waals surface area contributed by atoms with Gasteiger partial charge in [0.25, 0.3) is 0 Å². The van der Waals surface area contributed by atoms with E-state index in [1.54, 1.807) is 40.1 Å². The lowest BCUT2D eigenvalue weighted by molar-refractivity contribution is -0.124. The van der Waals surface area contributed by atoms with Gasteiger partial charge in [-0.1, -0.05) is 48.0 Å². The number of rotatable bonds is 3. The van der Waals surface area contributed by atoms with E-state index in [0.717, 1.165) is 0 Å². The molecule has 0 saturated heterocycles. The maximum atomic E-state index is 14.2. The first-order valence-corrected chi connectivity index (χ1v) is 11.1. The Bertz CT molecular complexity index is 1340. The Balaban J connectivity index is 1.90. The number of benzene rings is 2. The van der Waals surface area contributed by atoms with Gasteiger partial charge in [0, 0.05) is 35.5 Å². The van der Waals surface area contributed by atoms with E-state index < -0.39 is 5.41 Å². The molecule has 1 aliphatic carbocycles. The number of nitrogens with zero attached hydrogens (tertiary/aromatic N) is 3. The highest BCUT2D eigenvalue weighted by Crippen LogP contribution is 2.57.